The zero-order chi connectivity index (χ0) is 28.4. The van der Waals surface area contributed by atoms with Gasteiger partial charge in [-0.2, -0.15) is 0 Å². The second kappa shape index (κ2) is 18.0. The summed E-state index contributed by atoms with van der Waals surface area (Å²) in [7, 11) is 0. The maximum atomic E-state index is 13.5. The third kappa shape index (κ3) is 11.4. The lowest BCUT2D eigenvalue weighted by molar-refractivity contribution is -0.124. The van der Waals surface area contributed by atoms with E-state index in [1.54, 1.807) is 12.4 Å². The van der Waals surface area contributed by atoms with Crippen LogP contribution in [0.3, 0.4) is 0 Å². The molecule has 7 nitrogen and oxygen atoms in total. The van der Waals surface area contributed by atoms with Crippen molar-refractivity contribution < 1.29 is 9.59 Å². The van der Waals surface area contributed by atoms with Gasteiger partial charge in [-0.15, -0.1) is 0 Å². The lowest BCUT2D eigenvalue weighted by Gasteiger charge is -2.20. The minimum Gasteiger partial charge on any atom is -0.353 e. The molecule has 0 saturated heterocycles. The molecule has 2 heterocycles. The van der Waals surface area contributed by atoms with Gasteiger partial charge >= 0.3 is 0 Å². The number of nitrogens with one attached hydrogen (secondary N) is 3. The smallest absolute Gasteiger partial charge is 0.231 e. The van der Waals surface area contributed by atoms with Crippen LogP contribution in [0, 0.1) is 5.92 Å². The predicted octanol–water partition coefficient (Wildman–Crippen LogP) is 5.61. The molecule has 1 unspecified atom stereocenters. The highest BCUT2D eigenvalue weighted by Gasteiger charge is 2.28. The Balaban J connectivity index is 1.55. The highest BCUT2D eigenvalue weighted by molar-refractivity contribution is 6.10. The molecule has 214 valence electrons. The average molecular weight is 544 g/mol. The fourth-order valence-corrected chi connectivity index (χ4v) is 4.65. The first kappa shape index (κ1) is 31.1. The molecule has 0 aliphatic rings. The highest BCUT2D eigenvalue weighted by atomic mass is 16.2. The van der Waals surface area contributed by atoms with Crippen molar-refractivity contribution in [2.45, 2.75) is 84.5 Å². The molecule has 0 bridgehead atoms. The number of hydrogen-bond acceptors (Lipinski definition) is 6. The minimum atomic E-state index is -0.706. The molecule has 3 aromatic rings. The molecule has 40 heavy (non-hydrogen) atoms. The molecule has 0 saturated carbocycles. The van der Waals surface area contributed by atoms with Crippen molar-refractivity contribution in [3.05, 3.63) is 95.6 Å². The molecule has 3 rings (SSSR count). The zero-order valence-corrected chi connectivity index (χ0v) is 24.1. The van der Waals surface area contributed by atoms with Crippen LogP contribution in [-0.2, 0) is 24.4 Å². The molecular formula is C33H45N5O2. The number of amides is 1. The van der Waals surface area contributed by atoms with E-state index in [0.29, 0.717) is 38.2 Å². The molecule has 0 radical (unpaired) electrons. The number of benzene rings is 1. The van der Waals surface area contributed by atoms with Gasteiger partial charge in [0.2, 0.25) is 5.91 Å². The van der Waals surface area contributed by atoms with Gasteiger partial charge in [0.15, 0.2) is 5.78 Å². The lowest BCUT2D eigenvalue weighted by atomic mass is 9.91. The monoisotopic (exact) mass is 543 g/mol. The molecule has 0 aliphatic heterocycles. The first-order valence-electron chi connectivity index (χ1n) is 14.7. The molecule has 3 N–H and O–H groups in total. The molecule has 1 amide bonds. The molecule has 0 fully saturated rings. The third-order valence-electron chi connectivity index (χ3n) is 6.99. The van der Waals surface area contributed by atoms with Gasteiger partial charge in [-0.3, -0.25) is 19.6 Å². The predicted molar refractivity (Wildman–Crippen MR) is 161 cm³/mol. The first-order chi connectivity index (χ1) is 19.6. The Morgan fingerprint density at radius 2 is 1.43 bits per heavy atom. The van der Waals surface area contributed by atoms with E-state index >= 15 is 0 Å². The van der Waals surface area contributed by atoms with Crippen molar-refractivity contribution in [2.75, 3.05) is 6.54 Å². The Kier molecular flexibility index (Phi) is 14.0. The van der Waals surface area contributed by atoms with Crippen LogP contribution < -0.4 is 16.0 Å². The zero-order valence-electron chi connectivity index (χ0n) is 24.1. The number of carbonyl (C=O) groups excluding carboxylic acids is 2. The maximum Gasteiger partial charge on any atom is 0.231 e. The van der Waals surface area contributed by atoms with Gasteiger partial charge in [0.05, 0.1) is 11.4 Å². The van der Waals surface area contributed by atoms with E-state index in [4.69, 9.17) is 0 Å². The van der Waals surface area contributed by atoms with Crippen molar-refractivity contribution in [1.82, 2.24) is 25.9 Å². The van der Waals surface area contributed by atoms with E-state index in [2.05, 4.69) is 32.8 Å². The molecule has 0 spiro atoms. The van der Waals surface area contributed by atoms with E-state index in [1.165, 1.54) is 19.3 Å². The van der Waals surface area contributed by atoms with Crippen molar-refractivity contribution >= 4 is 11.7 Å². The number of ketones is 1. The van der Waals surface area contributed by atoms with Crippen LogP contribution in [0.15, 0.2) is 73.1 Å². The standard InChI is InChI=1S/C33H45N5O2/c1-3-4-5-6-12-26(2)38-33(40)31(15-11-20-34-24-29-13-7-9-21-36-29)32(39)28-18-16-27(17-19-28)23-35-25-30-14-8-10-22-37-30/h7-10,13-14,16-19,21-22,26,31,34-35H,3-6,11-12,15,20,23-25H2,1-2H3,(H,38,40)/t26?,31-/m0/s1. The number of unbranched alkanes of at least 4 members (excludes halogenated alkanes) is 3. The topological polar surface area (TPSA) is 96.0 Å². The second-order valence-electron chi connectivity index (χ2n) is 10.4. The number of rotatable bonds is 19. The number of nitrogens with zero attached hydrogens (tertiary/aromatic N) is 2. The normalized spacial score (nSPS) is 12.6. The Hall–Kier alpha value is -3.42. The molecule has 7 heteroatoms. The summed E-state index contributed by atoms with van der Waals surface area (Å²) in [6.45, 7) is 6.95. The Labute approximate surface area is 239 Å². The quantitative estimate of drug-likeness (QED) is 0.103. The van der Waals surface area contributed by atoms with E-state index in [0.717, 1.165) is 36.2 Å². The van der Waals surface area contributed by atoms with E-state index in [1.807, 2.05) is 67.6 Å². The van der Waals surface area contributed by atoms with Crippen molar-refractivity contribution in [2.24, 2.45) is 5.92 Å². The van der Waals surface area contributed by atoms with Gasteiger partial charge in [0.1, 0.15) is 5.92 Å². The fraction of sp³-hybridized carbons (Fsp3) is 0.455. The molecule has 2 aromatic heterocycles. The Morgan fingerprint density at radius 3 is 2.05 bits per heavy atom. The van der Waals surface area contributed by atoms with Gasteiger partial charge in [-0.25, -0.2) is 0 Å². The van der Waals surface area contributed by atoms with Crippen LogP contribution in [0.2, 0.25) is 0 Å². The van der Waals surface area contributed by atoms with Gasteiger partial charge in [0, 0.05) is 43.6 Å². The molecular weight excluding hydrogens is 498 g/mol. The van der Waals surface area contributed by atoms with Crippen LogP contribution in [0.4, 0.5) is 0 Å². The number of pyridine rings is 2. The molecule has 2 atom stereocenters. The van der Waals surface area contributed by atoms with Gasteiger partial charge in [-0.1, -0.05) is 69.0 Å². The van der Waals surface area contributed by atoms with E-state index in [-0.39, 0.29) is 17.7 Å². The molecule has 1 aromatic carbocycles. The SMILES string of the molecule is CCCCCCC(C)NC(=O)[C@@H](CCCNCc1ccccn1)C(=O)c1ccc(CNCc2ccccn2)cc1. The maximum absolute atomic E-state index is 13.5. The fourth-order valence-electron chi connectivity index (χ4n) is 4.65. The third-order valence-corrected chi connectivity index (χ3v) is 6.99. The molecule has 0 aliphatic carbocycles. The summed E-state index contributed by atoms with van der Waals surface area (Å²) in [5.41, 5.74) is 3.61. The van der Waals surface area contributed by atoms with Crippen LogP contribution in [-0.4, -0.2) is 34.2 Å². The van der Waals surface area contributed by atoms with Crippen molar-refractivity contribution in [1.29, 1.82) is 0 Å². The summed E-state index contributed by atoms with van der Waals surface area (Å²) in [4.78, 5) is 35.5. The Bertz CT molecular complexity index is 1120. The first-order valence-corrected chi connectivity index (χ1v) is 14.7. The summed E-state index contributed by atoms with van der Waals surface area (Å²) < 4.78 is 0. The number of Topliss-reactive ketones (excluding diaryl/α,β-unsaturated/α-hetero) is 1. The largest absolute Gasteiger partial charge is 0.353 e. The van der Waals surface area contributed by atoms with Crippen LogP contribution in [0.5, 0.6) is 0 Å². The van der Waals surface area contributed by atoms with Crippen LogP contribution in [0.1, 0.15) is 86.1 Å². The minimum absolute atomic E-state index is 0.0505. The van der Waals surface area contributed by atoms with Crippen LogP contribution >= 0.6 is 0 Å². The van der Waals surface area contributed by atoms with Crippen molar-refractivity contribution in [3.63, 3.8) is 0 Å². The summed E-state index contributed by atoms with van der Waals surface area (Å²) >= 11 is 0. The van der Waals surface area contributed by atoms with Crippen molar-refractivity contribution in [3.8, 4) is 0 Å². The Morgan fingerprint density at radius 1 is 0.750 bits per heavy atom. The van der Waals surface area contributed by atoms with Gasteiger partial charge in [-0.05, 0) is 62.6 Å². The summed E-state index contributed by atoms with van der Waals surface area (Å²) in [5.74, 6) is -0.991. The van der Waals surface area contributed by atoms with Crippen LogP contribution in [0.25, 0.3) is 0 Å². The highest BCUT2D eigenvalue weighted by Crippen LogP contribution is 2.17. The van der Waals surface area contributed by atoms with E-state index < -0.39 is 5.92 Å². The summed E-state index contributed by atoms with van der Waals surface area (Å²) in [6, 6.07) is 19.4. The summed E-state index contributed by atoms with van der Waals surface area (Å²) in [5, 5.41) is 9.88. The number of aromatic nitrogens is 2. The lowest BCUT2D eigenvalue weighted by Crippen LogP contribution is -2.40. The average Bonchev–Trinajstić information content (AvgIpc) is 2.98. The van der Waals surface area contributed by atoms with E-state index in [9.17, 15) is 9.59 Å². The number of carbonyl (C=O) groups is 2. The second-order valence-corrected chi connectivity index (χ2v) is 10.4. The van der Waals surface area contributed by atoms with Gasteiger partial charge < -0.3 is 16.0 Å². The summed E-state index contributed by atoms with van der Waals surface area (Å²) in [6.07, 6.45) is 10.4. The number of hydrogen-bond donors (Lipinski definition) is 3. The van der Waals surface area contributed by atoms with Gasteiger partial charge in [0.25, 0.3) is 0 Å².